The lowest BCUT2D eigenvalue weighted by Gasteiger charge is -2.19. The summed E-state index contributed by atoms with van der Waals surface area (Å²) >= 11 is 6.56. The normalized spacial score (nSPS) is 18.5. The molecule has 1 aromatic heterocycles. The van der Waals surface area contributed by atoms with Crippen LogP contribution in [-0.2, 0) is 20.9 Å². The number of aromatic nitrogens is 1. The molecule has 2 aliphatic rings. The second-order valence-corrected chi connectivity index (χ2v) is 14.8. The minimum Gasteiger partial charge on any atom is -0.489 e. The van der Waals surface area contributed by atoms with Gasteiger partial charge >= 0.3 is 0 Å². The molecule has 47 heavy (non-hydrogen) atoms. The first-order valence-corrected chi connectivity index (χ1v) is 17.7. The van der Waals surface area contributed by atoms with Crippen molar-refractivity contribution in [1.29, 1.82) is 5.26 Å². The molecule has 0 bridgehead atoms. The number of nitrogens with zero attached hydrogens (tertiary/aromatic N) is 2. The van der Waals surface area contributed by atoms with E-state index in [9.17, 15) is 14.4 Å². The smallest absolute Gasteiger partial charge is 0.225 e. The van der Waals surface area contributed by atoms with Gasteiger partial charge in [0.05, 0.1) is 34.1 Å². The Labute approximate surface area is 284 Å². The van der Waals surface area contributed by atoms with Crippen molar-refractivity contribution in [2.75, 3.05) is 29.6 Å². The molecule has 1 amide bonds. The van der Waals surface area contributed by atoms with Gasteiger partial charge in [-0.2, -0.15) is 5.26 Å². The molecule has 0 radical (unpaired) electrons. The van der Waals surface area contributed by atoms with E-state index in [0.29, 0.717) is 68.6 Å². The molecule has 3 heterocycles. The van der Waals surface area contributed by atoms with E-state index in [4.69, 9.17) is 30.5 Å². The molecule has 0 saturated carbocycles. The highest BCUT2D eigenvalue weighted by atomic mass is 35.5. The first kappa shape index (κ1) is 33.2. The van der Waals surface area contributed by atoms with Crippen LogP contribution in [0, 0.1) is 17.1 Å². The van der Waals surface area contributed by atoms with Crippen molar-refractivity contribution in [2.45, 2.75) is 50.4 Å². The van der Waals surface area contributed by atoms with Crippen LogP contribution in [-0.4, -0.2) is 47.0 Å². The molecule has 4 aromatic rings. The van der Waals surface area contributed by atoms with Crippen molar-refractivity contribution >= 4 is 67.1 Å². The summed E-state index contributed by atoms with van der Waals surface area (Å²) < 4.78 is 37.2. The molecule has 244 valence electrons. The van der Waals surface area contributed by atoms with Gasteiger partial charge in [-0.15, -0.1) is 0 Å². The summed E-state index contributed by atoms with van der Waals surface area (Å²) in [6.07, 6.45) is 2.54. The molecule has 2 atom stereocenters. The van der Waals surface area contributed by atoms with E-state index in [1.807, 2.05) is 13.8 Å². The van der Waals surface area contributed by atoms with Gasteiger partial charge < -0.3 is 29.6 Å². The lowest BCUT2D eigenvalue weighted by molar-refractivity contribution is -0.141. The first-order chi connectivity index (χ1) is 22.7. The predicted molar refractivity (Wildman–Crippen MR) is 184 cm³/mol. The molecule has 0 unspecified atom stereocenters. The molecule has 13 heteroatoms. The monoisotopic (exact) mass is 694 g/mol. The van der Waals surface area contributed by atoms with E-state index in [1.165, 1.54) is 18.3 Å². The number of amides is 1. The number of hydrogen-bond acceptors (Lipinski definition) is 10. The number of nitriles is 1. The number of carbonyl (C=O) groups excluding carboxylic acids is 1. The van der Waals surface area contributed by atoms with Crippen molar-refractivity contribution in [3.63, 3.8) is 0 Å². The van der Waals surface area contributed by atoms with Crippen LogP contribution < -0.4 is 20.1 Å². The fourth-order valence-corrected chi connectivity index (χ4v) is 8.36. The number of benzene rings is 3. The zero-order chi connectivity index (χ0) is 33.0. The van der Waals surface area contributed by atoms with Crippen molar-refractivity contribution in [3.05, 3.63) is 82.8 Å². The van der Waals surface area contributed by atoms with Crippen LogP contribution in [0.3, 0.4) is 0 Å². The molecule has 0 aliphatic carbocycles. The Morgan fingerprint density at radius 2 is 2.06 bits per heavy atom. The predicted octanol–water partition coefficient (Wildman–Crippen LogP) is 8.23. The second kappa shape index (κ2) is 14.6. The van der Waals surface area contributed by atoms with Crippen molar-refractivity contribution in [3.8, 4) is 17.6 Å². The lowest BCUT2D eigenvalue weighted by atomic mass is 10.1. The number of anilines is 3. The number of rotatable bonds is 11. The highest BCUT2D eigenvalue weighted by Gasteiger charge is 2.33. The Balaban J connectivity index is 1.27. The summed E-state index contributed by atoms with van der Waals surface area (Å²) in [7, 11) is 3.51. The summed E-state index contributed by atoms with van der Waals surface area (Å²) in [5.74, 6) is 0.704. The van der Waals surface area contributed by atoms with E-state index in [-0.39, 0.29) is 36.3 Å². The third-order valence-corrected chi connectivity index (χ3v) is 10.7. The van der Waals surface area contributed by atoms with Gasteiger partial charge in [0.2, 0.25) is 5.91 Å². The van der Waals surface area contributed by atoms with E-state index >= 15 is 0 Å². The molecule has 9 nitrogen and oxygen atoms in total. The summed E-state index contributed by atoms with van der Waals surface area (Å²) in [6, 6.07) is 17.0. The molecular weight excluding hydrogens is 663 g/mol. The molecule has 2 aliphatic heterocycles. The van der Waals surface area contributed by atoms with Gasteiger partial charge in [-0.1, -0.05) is 45.3 Å². The highest BCUT2D eigenvalue weighted by Crippen LogP contribution is 2.41. The summed E-state index contributed by atoms with van der Waals surface area (Å²) in [5, 5.41) is 17.5. The molecule has 6 rings (SSSR count). The van der Waals surface area contributed by atoms with Crippen LogP contribution in [0.15, 0.2) is 60.8 Å². The zero-order valence-electron chi connectivity index (χ0n) is 25.7. The first-order valence-electron chi connectivity index (χ1n) is 15.0. The van der Waals surface area contributed by atoms with E-state index < -0.39 is 5.79 Å². The highest BCUT2D eigenvalue weighted by molar-refractivity contribution is 8.77. The largest absolute Gasteiger partial charge is 0.489 e. The van der Waals surface area contributed by atoms with E-state index in [1.54, 1.807) is 64.1 Å². The maximum absolute atomic E-state index is 13.6. The van der Waals surface area contributed by atoms with Crippen LogP contribution >= 0.6 is 33.2 Å². The topological polar surface area (TPSA) is 115 Å². The van der Waals surface area contributed by atoms with Crippen molar-refractivity contribution in [2.24, 2.45) is 0 Å². The van der Waals surface area contributed by atoms with E-state index in [0.717, 1.165) is 12.2 Å². The Kier molecular flexibility index (Phi) is 10.3. The number of hydrogen-bond donors (Lipinski definition) is 2. The van der Waals surface area contributed by atoms with Gasteiger partial charge in [0.25, 0.3) is 0 Å². The third-order valence-electron chi connectivity index (χ3n) is 7.48. The Morgan fingerprint density at radius 1 is 1.19 bits per heavy atom. The molecule has 2 N–H and O–H groups in total. The van der Waals surface area contributed by atoms with Gasteiger partial charge in [-0.25, -0.2) is 4.39 Å². The van der Waals surface area contributed by atoms with Gasteiger partial charge in [0.15, 0.2) is 5.79 Å². The third kappa shape index (κ3) is 8.41. The van der Waals surface area contributed by atoms with Gasteiger partial charge in [-0.05, 0) is 62.2 Å². The van der Waals surface area contributed by atoms with Crippen LogP contribution in [0.1, 0.15) is 37.8 Å². The van der Waals surface area contributed by atoms with Crippen LogP contribution in [0.25, 0.3) is 10.9 Å². The standard InChI is InChI=1S/C34H32ClFN4O5S2/c1-34(2)44-19-24(45-34)18-43-31-14-28-26(13-29(31)40-32(41)12-25-8-9-46-47-25)33(21(15-37)16-38-28)39-23-6-7-30(27(35)11-23)42-17-20-4-3-5-22(36)10-20/h3-7,10-11,13-14,16,24-25H,8-9,12,17-19H2,1-2H3,(H,38,39)(H,40,41)/t24-,25-/m1/s1. The second-order valence-electron chi connectivity index (χ2n) is 11.6. The van der Waals surface area contributed by atoms with Crippen LogP contribution in [0.5, 0.6) is 11.5 Å². The number of carbonyl (C=O) groups is 1. The van der Waals surface area contributed by atoms with Crippen LogP contribution in [0.2, 0.25) is 5.02 Å². The fraction of sp³-hybridized carbons (Fsp3) is 0.324. The maximum atomic E-state index is 13.6. The van der Waals surface area contributed by atoms with Crippen LogP contribution in [0.4, 0.5) is 21.5 Å². The Hall–Kier alpha value is -3.73. The Bertz CT molecular complexity index is 1830. The van der Waals surface area contributed by atoms with Crippen molar-refractivity contribution in [1.82, 2.24) is 4.98 Å². The molecule has 2 fully saturated rings. The minimum absolute atomic E-state index is 0.129. The average molecular weight is 695 g/mol. The summed E-state index contributed by atoms with van der Waals surface area (Å²) in [5.41, 5.74) is 3.05. The minimum atomic E-state index is -0.699. The Morgan fingerprint density at radius 3 is 2.79 bits per heavy atom. The SMILES string of the molecule is CC1(C)OC[C@@H](COc2cc3ncc(C#N)c(Nc4ccc(OCc5cccc(F)c5)c(Cl)c4)c3cc2NC(=O)C[C@H]2CCSS2)O1. The van der Waals surface area contributed by atoms with Gasteiger partial charge in [0.1, 0.15) is 42.7 Å². The summed E-state index contributed by atoms with van der Waals surface area (Å²) in [4.78, 5) is 17.7. The number of pyridine rings is 1. The van der Waals surface area contributed by atoms with E-state index in [2.05, 4.69) is 21.7 Å². The number of halogens is 2. The molecule has 2 saturated heterocycles. The zero-order valence-corrected chi connectivity index (χ0v) is 28.1. The van der Waals surface area contributed by atoms with Gasteiger partial charge in [-0.3, -0.25) is 9.78 Å². The lowest BCUT2D eigenvalue weighted by Crippen LogP contribution is -2.25. The molecule has 3 aromatic carbocycles. The fourth-order valence-electron chi connectivity index (χ4n) is 5.23. The van der Waals surface area contributed by atoms with Gasteiger partial charge in [0, 0.05) is 40.8 Å². The maximum Gasteiger partial charge on any atom is 0.225 e. The number of nitrogens with one attached hydrogen (secondary N) is 2. The molecular formula is C34H32ClFN4O5S2. The quantitative estimate of drug-likeness (QED) is 0.149. The number of fused-ring (bicyclic) bond motifs is 1. The summed E-state index contributed by atoms with van der Waals surface area (Å²) in [6.45, 7) is 4.43. The van der Waals surface area contributed by atoms with Crippen molar-refractivity contribution < 1.29 is 28.1 Å². The average Bonchev–Trinajstić information content (AvgIpc) is 3.68. The molecule has 0 spiro atoms. The number of ether oxygens (including phenoxy) is 4.